The van der Waals surface area contributed by atoms with E-state index in [1.54, 1.807) is 16.9 Å². The van der Waals surface area contributed by atoms with Crippen molar-refractivity contribution in [1.82, 2.24) is 9.78 Å². The molecule has 106 valence electrons. The number of rotatable bonds is 4. The lowest BCUT2D eigenvalue weighted by Crippen LogP contribution is -2.13. The summed E-state index contributed by atoms with van der Waals surface area (Å²) in [6.07, 6.45) is 2.58. The molecule has 21 heavy (non-hydrogen) atoms. The highest BCUT2D eigenvalue weighted by Gasteiger charge is 2.17. The number of hydrogen-bond donors (Lipinski definition) is 1. The highest BCUT2D eigenvalue weighted by atomic mass is 16.1. The molecule has 0 saturated heterocycles. The topological polar surface area (TPSA) is 60.9 Å². The van der Waals surface area contributed by atoms with Crippen LogP contribution in [0.2, 0.25) is 0 Å². The number of hydrogen-bond acceptors (Lipinski definition) is 3. The van der Waals surface area contributed by atoms with E-state index in [4.69, 9.17) is 5.73 Å². The number of ketones is 1. The number of nitrogens with two attached hydrogens (primary N) is 1. The van der Waals surface area contributed by atoms with Crippen LogP contribution >= 0.6 is 0 Å². The molecule has 0 bridgehead atoms. The van der Waals surface area contributed by atoms with Crippen LogP contribution < -0.4 is 5.73 Å². The van der Waals surface area contributed by atoms with Crippen molar-refractivity contribution in [3.63, 3.8) is 0 Å². The Hall–Kier alpha value is -2.62. The molecular formula is C17H17N3O. The molecule has 2 N–H and O–H groups in total. The first-order chi connectivity index (χ1) is 10.2. The number of carbonyl (C=O) groups excluding carboxylic acids is 1. The van der Waals surface area contributed by atoms with Crippen molar-refractivity contribution in [2.45, 2.75) is 19.9 Å². The van der Waals surface area contributed by atoms with Crippen molar-refractivity contribution in [2.24, 2.45) is 0 Å². The fourth-order valence-corrected chi connectivity index (χ4v) is 2.51. The summed E-state index contributed by atoms with van der Waals surface area (Å²) in [7, 11) is 0. The first-order valence-electron chi connectivity index (χ1n) is 7.05. The number of aromatic nitrogens is 2. The zero-order valence-electron chi connectivity index (χ0n) is 11.9. The van der Waals surface area contributed by atoms with E-state index in [0.29, 0.717) is 16.9 Å². The Balaban J connectivity index is 2.08. The molecule has 0 spiro atoms. The molecule has 0 fully saturated rings. The van der Waals surface area contributed by atoms with E-state index >= 15 is 0 Å². The van der Waals surface area contributed by atoms with Crippen molar-refractivity contribution in [3.8, 4) is 0 Å². The predicted octanol–water partition coefficient (Wildman–Crippen LogP) is 3.26. The summed E-state index contributed by atoms with van der Waals surface area (Å²) in [6.45, 7) is 2.78. The minimum absolute atomic E-state index is 0.0794. The van der Waals surface area contributed by atoms with Crippen LogP contribution in [0, 0.1) is 0 Å². The van der Waals surface area contributed by atoms with E-state index < -0.39 is 0 Å². The summed E-state index contributed by atoms with van der Waals surface area (Å²) in [5, 5.41) is 6.25. The lowest BCUT2D eigenvalue weighted by atomic mass is 10.0. The molecule has 0 aliphatic heterocycles. The molecule has 0 aliphatic carbocycles. The Morgan fingerprint density at radius 2 is 1.90 bits per heavy atom. The standard InChI is InChI=1S/C17H17N3O/c1-2-9-20-16(7-8-19-20)17(21)14-10-12-5-3-4-6-13(12)11-15(14)18/h3-8,10-11H,2,9,18H2,1H3. The third-order valence-corrected chi connectivity index (χ3v) is 3.55. The van der Waals surface area contributed by atoms with Crippen molar-refractivity contribution < 1.29 is 4.79 Å². The van der Waals surface area contributed by atoms with Crippen molar-refractivity contribution in [2.75, 3.05) is 5.73 Å². The van der Waals surface area contributed by atoms with Gasteiger partial charge in [0.2, 0.25) is 5.78 Å². The molecular weight excluding hydrogens is 262 g/mol. The summed E-state index contributed by atoms with van der Waals surface area (Å²) in [4.78, 5) is 12.7. The number of fused-ring (bicyclic) bond motifs is 1. The fourth-order valence-electron chi connectivity index (χ4n) is 2.51. The monoisotopic (exact) mass is 279 g/mol. The number of aryl methyl sites for hydroxylation is 1. The Bertz CT molecular complexity index is 805. The second-order valence-corrected chi connectivity index (χ2v) is 5.06. The third-order valence-electron chi connectivity index (χ3n) is 3.55. The van der Waals surface area contributed by atoms with Gasteiger partial charge in [0.25, 0.3) is 0 Å². The average Bonchev–Trinajstić information content (AvgIpc) is 2.94. The first kappa shape index (κ1) is 13.4. The van der Waals surface area contributed by atoms with Crippen LogP contribution in [0.3, 0.4) is 0 Å². The van der Waals surface area contributed by atoms with Crippen molar-refractivity contribution >= 4 is 22.2 Å². The Morgan fingerprint density at radius 1 is 1.19 bits per heavy atom. The van der Waals surface area contributed by atoms with Gasteiger partial charge in [-0.05, 0) is 35.4 Å². The molecule has 2 aromatic carbocycles. The van der Waals surface area contributed by atoms with E-state index in [0.717, 1.165) is 23.7 Å². The molecule has 0 radical (unpaired) electrons. The quantitative estimate of drug-likeness (QED) is 0.589. The van der Waals surface area contributed by atoms with Crippen LogP contribution in [0.5, 0.6) is 0 Å². The van der Waals surface area contributed by atoms with Crippen LogP contribution in [-0.4, -0.2) is 15.6 Å². The van der Waals surface area contributed by atoms with Gasteiger partial charge in [-0.1, -0.05) is 31.2 Å². The Kier molecular flexibility index (Phi) is 3.44. The van der Waals surface area contributed by atoms with E-state index in [9.17, 15) is 4.79 Å². The average molecular weight is 279 g/mol. The largest absolute Gasteiger partial charge is 0.398 e. The minimum atomic E-state index is -0.0794. The molecule has 4 heteroatoms. The van der Waals surface area contributed by atoms with Crippen LogP contribution in [0.1, 0.15) is 29.4 Å². The summed E-state index contributed by atoms with van der Waals surface area (Å²) >= 11 is 0. The smallest absolute Gasteiger partial charge is 0.213 e. The zero-order chi connectivity index (χ0) is 14.8. The van der Waals surface area contributed by atoms with Gasteiger partial charge in [-0.3, -0.25) is 9.48 Å². The van der Waals surface area contributed by atoms with Gasteiger partial charge in [0.15, 0.2) is 0 Å². The molecule has 0 amide bonds. The van der Waals surface area contributed by atoms with Gasteiger partial charge < -0.3 is 5.73 Å². The van der Waals surface area contributed by atoms with Gasteiger partial charge in [0.05, 0.1) is 0 Å². The fraction of sp³-hybridized carbons (Fsp3) is 0.176. The van der Waals surface area contributed by atoms with Crippen LogP contribution in [0.15, 0.2) is 48.7 Å². The van der Waals surface area contributed by atoms with Crippen LogP contribution in [0.4, 0.5) is 5.69 Å². The number of nitrogens with zero attached hydrogens (tertiary/aromatic N) is 2. The summed E-state index contributed by atoms with van der Waals surface area (Å²) in [6, 6.07) is 13.3. The maximum Gasteiger partial charge on any atom is 0.213 e. The Morgan fingerprint density at radius 3 is 2.62 bits per heavy atom. The maximum atomic E-state index is 12.7. The van der Waals surface area contributed by atoms with Gasteiger partial charge in [0, 0.05) is 24.0 Å². The molecule has 0 saturated carbocycles. The van der Waals surface area contributed by atoms with E-state index in [1.807, 2.05) is 36.4 Å². The van der Waals surface area contributed by atoms with Crippen molar-refractivity contribution in [3.05, 3.63) is 59.9 Å². The molecule has 0 aliphatic rings. The number of anilines is 1. The second-order valence-electron chi connectivity index (χ2n) is 5.06. The normalized spacial score (nSPS) is 10.9. The summed E-state index contributed by atoms with van der Waals surface area (Å²) in [5.74, 6) is -0.0794. The van der Waals surface area contributed by atoms with E-state index in [-0.39, 0.29) is 5.78 Å². The molecule has 3 aromatic rings. The second kappa shape index (κ2) is 5.40. The van der Waals surface area contributed by atoms with Crippen molar-refractivity contribution in [1.29, 1.82) is 0 Å². The molecule has 0 unspecified atom stereocenters. The lowest BCUT2D eigenvalue weighted by molar-refractivity contribution is 0.102. The molecule has 4 nitrogen and oxygen atoms in total. The third kappa shape index (κ3) is 2.40. The summed E-state index contributed by atoms with van der Waals surface area (Å²) in [5.41, 5.74) is 7.69. The summed E-state index contributed by atoms with van der Waals surface area (Å²) < 4.78 is 1.73. The highest BCUT2D eigenvalue weighted by Crippen LogP contribution is 2.24. The minimum Gasteiger partial charge on any atom is -0.398 e. The lowest BCUT2D eigenvalue weighted by Gasteiger charge is -2.09. The number of carbonyl (C=O) groups is 1. The number of nitrogen functional groups attached to an aromatic ring is 1. The van der Waals surface area contributed by atoms with Gasteiger partial charge in [-0.25, -0.2) is 0 Å². The predicted molar refractivity (Wildman–Crippen MR) is 84.3 cm³/mol. The molecule has 3 rings (SSSR count). The van der Waals surface area contributed by atoms with Gasteiger partial charge in [-0.15, -0.1) is 0 Å². The van der Waals surface area contributed by atoms with Gasteiger partial charge >= 0.3 is 0 Å². The highest BCUT2D eigenvalue weighted by molar-refractivity contribution is 6.13. The first-order valence-corrected chi connectivity index (χ1v) is 7.05. The van der Waals surface area contributed by atoms with Gasteiger partial charge in [0.1, 0.15) is 5.69 Å². The molecule has 1 heterocycles. The maximum absolute atomic E-state index is 12.7. The van der Waals surface area contributed by atoms with Crippen LogP contribution in [0.25, 0.3) is 10.8 Å². The molecule has 1 aromatic heterocycles. The van der Waals surface area contributed by atoms with Gasteiger partial charge in [-0.2, -0.15) is 5.10 Å². The SMILES string of the molecule is CCCn1nccc1C(=O)c1cc2ccccc2cc1N. The van der Waals surface area contributed by atoms with E-state index in [1.165, 1.54) is 0 Å². The Labute approximate surface area is 123 Å². The number of benzene rings is 2. The van der Waals surface area contributed by atoms with Crippen LogP contribution in [-0.2, 0) is 6.54 Å². The van der Waals surface area contributed by atoms with E-state index in [2.05, 4.69) is 12.0 Å². The zero-order valence-corrected chi connectivity index (χ0v) is 11.9. The molecule has 0 atom stereocenters.